The number of halogens is 2. The molecule has 0 aliphatic rings. The highest BCUT2D eigenvalue weighted by molar-refractivity contribution is 7.11. The summed E-state index contributed by atoms with van der Waals surface area (Å²) < 4.78 is 4.12. The Labute approximate surface area is 126 Å². The van der Waals surface area contributed by atoms with Gasteiger partial charge < -0.3 is 5.11 Å². The summed E-state index contributed by atoms with van der Waals surface area (Å²) in [5.41, 5.74) is 0.918. The smallest absolute Gasteiger partial charge is 0.178 e. The van der Waals surface area contributed by atoms with Crippen LogP contribution in [0.25, 0.3) is 11.0 Å². The molecular weight excluding hydrogens is 321 g/mol. The maximum Gasteiger partial charge on any atom is 0.178 e. The van der Waals surface area contributed by atoms with Crippen molar-refractivity contribution in [2.75, 3.05) is 0 Å². The second-order valence-corrected chi connectivity index (χ2v) is 5.27. The molecule has 6 nitrogen and oxygen atoms in total. The molecule has 100 valence electrons. The van der Waals surface area contributed by atoms with Crippen LogP contribution in [0.5, 0.6) is 5.75 Å². The Morgan fingerprint density at radius 2 is 2.00 bits per heavy atom. The van der Waals surface area contributed by atoms with Gasteiger partial charge in [0, 0.05) is 12.3 Å². The predicted octanol–water partition coefficient (Wildman–Crippen LogP) is 4.51. The van der Waals surface area contributed by atoms with Crippen molar-refractivity contribution >= 4 is 56.5 Å². The van der Waals surface area contributed by atoms with Crippen molar-refractivity contribution in [2.24, 2.45) is 10.2 Å². The van der Waals surface area contributed by atoms with Crippen molar-refractivity contribution < 1.29 is 5.11 Å². The second-order valence-electron chi connectivity index (χ2n) is 3.70. The highest BCUT2D eigenvalue weighted by atomic mass is 35.5. The molecule has 0 saturated carbocycles. The fourth-order valence-electron chi connectivity index (χ4n) is 1.46. The van der Waals surface area contributed by atoms with Crippen LogP contribution in [0.4, 0.5) is 10.7 Å². The molecule has 0 spiro atoms. The van der Waals surface area contributed by atoms with Crippen molar-refractivity contribution in [2.45, 2.75) is 0 Å². The van der Waals surface area contributed by atoms with E-state index < -0.39 is 0 Å². The number of hydrogen-bond acceptors (Lipinski definition) is 7. The van der Waals surface area contributed by atoms with Crippen LogP contribution in [0, 0.1) is 0 Å². The average molecular weight is 326 g/mol. The summed E-state index contributed by atoms with van der Waals surface area (Å²) in [7, 11) is 0. The van der Waals surface area contributed by atoms with Crippen LogP contribution in [0.1, 0.15) is 0 Å². The minimum absolute atomic E-state index is 0.104. The van der Waals surface area contributed by atoms with E-state index in [1.807, 2.05) is 0 Å². The number of benzene rings is 1. The van der Waals surface area contributed by atoms with Gasteiger partial charge in [-0.05, 0) is 17.6 Å². The zero-order valence-corrected chi connectivity index (χ0v) is 12.0. The van der Waals surface area contributed by atoms with E-state index >= 15 is 0 Å². The van der Waals surface area contributed by atoms with Crippen molar-refractivity contribution in [3.8, 4) is 5.75 Å². The molecule has 1 N–H and O–H groups in total. The Bertz CT molecular complexity index is 820. The summed E-state index contributed by atoms with van der Waals surface area (Å²) in [5, 5.41) is 19.2. The number of aromatic hydroxyl groups is 1. The van der Waals surface area contributed by atoms with Crippen molar-refractivity contribution in [3.63, 3.8) is 0 Å². The maximum absolute atomic E-state index is 9.40. The van der Waals surface area contributed by atoms with Crippen LogP contribution < -0.4 is 0 Å². The van der Waals surface area contributed by atoms with Gasteiger partial charge in [-0.2, -0.15) is 4.37 Å². The van der Waals surface area contributed by atoms with Crippen molar-refractivity contribution in [3.05, 3.63) is 34.7 Å². The zero-order valence-electron chi connectivity index (χ0n) is 9.66. The Morgan fingerprint density at radius 3 is 2.85 bits per heavy atom. The van der Waals surface area contributed by atoms with E-state index in [1.165, 1.54) is 18.5 Å². The van der Waals surface area contributed by atoms with Gasteiger partial charge in [0.05, 0.1) is 15.4 Å². The first-order chi connectivity index (χ1) is 9.65. The largest absolute Gasteiger partial charge is 0.506 e. The monoisotopic (exact) mass is 325 g/mol. The van der Waals surface area contributed by atoms with Crippen molar-refractivity contribution in [1.29, 1.82) is 0 Å². The molecule has 9 heteroatoms. The van der Waals surface area contributed by atoms with Crippen LogP contribution in [0.3, 0.4) is 0 Å². The van der Waals surface area contributed by atoms with Gasteiger partial charge in [0.25, 0.3) is 0 Å². The van der Waals surface area contributed by atoms with Gasteiger partial charge in [0.2, 0.25) is 0 Å². The van der Waals surface area contributed by atoms with Gasteiger partial charge >= 0.3 is 0 Å². The van der Waals surface area contributed by atoms with Gasteiger partial charge in [0.15, 0.2) is 10.6 Å². The van der Waals surface area contributed by atoms with Crippen LogP contribution in [0.15, 0.2) is 34.9 Å². The molecule has 0 atom stereocenters. The van der Waals surface area contributed by atoms with E-state index in [1.54, 1.807) is 6.20 Å². The summed E-state index contributed by atoms with van der Waals surface area (Å²) in [6, 6.07) is 2.74. The molecule has 0 aliphatic carbocycles. The normalized spacial score (nSPS) is 11.5. The number of phenolic OH excluding ortho intramolecular Hbond substituents is 1. The fraction of sp³-hybridized carbons (Fsp3) is 0. The lowest BCUT2D eigenvalue weighted by Gasteiger charge is -2.00. The SMILES string of the molecule is Oc1cc(Cl)c(/N=N/c2snc3ncncc23)cc1Cl. The van der Waals surface area contributed by atoms with Gasteiger partial charge in [-0.25, -0.2) is 9.97 Å². The van der Waals surface area contributed by atoms with Crippen molar-refractivity contribution in [1.82, 2.24) is 14.3 Å². The lowest BCUT2D eigenvalue weighted by molar-refractivity contribution is 0.475. The summed E-state index contributed by atoms with van der Waals surface area (Å²) in [6.07, 6.45) is 3.03. The quantitative estimate of drug-likeness (QED) is 0.702. The molecular formula is C11H5Cl2N5OS. The first-order valence-corrected chi connectivity index (χ1v) is 6.83. The Hall–Kier alpha value is -1.83. The number of fused-ring (bicyclic) bond motifs is 1. The molecule has 0 aliphatic heterocycles. The third-order valence-electron chi connectivity index (χ3n) is 2.41. The highest BCUT2D eigenvalue weighted by Crippen LogP contribution is 2.37. The molecule has 2 aromatic heterocycles. The molecule has 0 amide bonds. The summed E-state index contributed by atoms with van der Waals surface area (Å²) in [5.74, 6) is -0.104. The molecule has 1 aromatic carbocycles. The fourth-order valence-corrected chi connectivity index (χ4v) is 2.45. The molecule has 3 aromatic rings. The zero-order chi connectivity index (χ0) is 14.1. The highest BCUT2D eigenvalue weighted by Gasteiger charge is 2.08. The number of phenols is 1. The van der Waals surface area contributed by atoms with Crippen LogP contribution in [-0.2, 0) is 0 Å². The topological polar surface area (TPSA) is 83.6 Å². The summed E-state index contributed by atoms with van der Waals surface area (Å²) >= 11 is 12.9. The molecule has 3 rings (SSSR count). The van der Waals surface area contributed by atoms with Gasteiger partial charge in [-0.1, -0.05) is 23.2 Å². The van der Waals surface area contributed by atoms with Gasteiger partial charge in [-0.15, -0.1) is 10.2 Å². The van der Waals surface area contributed by atoms with E-state index in [4.69, 9.17) is 23.2 Å². The third kappa shape index (κ3) is 2.43. The van der Waals surface area contributed by atoms with Gasteiger partial charge in [0.1, 0.15) is 17.8 Å². The second kappa shape index (κ2) is 5.28. The lowest BCUT2D eigenvalue weighted by Crippen LogP contribution is -1.76. The van der Waals surface area contributed by atoms with E-state index in [0.29, 0.717) is 21.7 Å². The minimum Gasteiger partial charge on any atom is -0.506 e. The van der Waals surface area contributed by atoms with E-state index in [0.717, 1.165) is 11.5 Å². The Kier molecular flexibility index (Phi) is 3.47. The first-order valence-electron chi connectivity index (χ1n) is 5.30. The number of hydrogen-bond donors (Lipinski definition) is 1. The molecule has 2 heterocycles. The number of nitrogens with zero attached hydrogens (tertiary/aromatic N) is 5. The molecule has 0 saturated heterocycles. The third-order valence-corrected chi connectivity index (χ3v) is 3.75. The van der Waals surface area contributed by atoms with Gasteiger partial charge in [-0.3, -0.25) is 0 Å². The van der Waals surface area contributed by atoms with Crippen LogP contribution in [-0.4, -0.2) is 19.4 Å². The van der Waals surface area contributed by atoms with E-state index in [9.17, 15) is 5.11 Å². The first kappa shape index (κ1) is 13.2. The number of aromatic nitrogens is 3. The van der Waals surface area contributed by atoms with E-state index in [2.05, 4.69) is 24.6 Å². The summed E-state index contributed by atoms with van der Waals surface area (Å²) in [4.78, 5) is 7.92. The van der Waals surface area contributed by atoms with E-state index in [-0.39, 0.29) is 15.8 Å². The average Bonchev–Trinajstić information content (AvgIpc) is 2.85. The molecule has 0 fully saturated rings. The molecule has 0 bridgehead atoms. The maximum atomic E-state index is 9.40. The number of rotatable bonds is 2. The standard InChI is InChI=1S/C11H5Cl2N5OS/c12-6-2-9(19)7(13)1-8(6)16-17-11-5-3-14-4-15-10(5)18-20-11/h1-4,19H/b17-16+. The molecule has 0 unspecified atom stereocenters. The summed E-state index contributed by atoms with van der Waals surface area (Å²) in [6.45, 7) is 0. The Morgan fingerprint density at radius 1 is 1.15 bits per heavy atom. The number of azo groups is 1. The predicted molar refractivity (Wildman–Crippen MR) is 77.5 cm³/mol. The molecule has 20 heavy (non-hydrogen) atoms. The Balaban J connectivity index is 2.00. The van der Waals surface area contributed by atoms with Crippen LogP contribution in [0.2, 0.25) is 10.0 Å². The minimum atomic E-state index is -0.104. The molecule has 0 radical (unpaired) electrons. The lowest BCUT2D eigenvalue weighted by atomic mass is 10.3. The van der Waals surface area contributed by atoms with Crippen LogP contribution >= 0.6 is 34.7 Å².